The number of fused-ring (bicyclic) bond motifs is 3. The summed E-state index contributed by atoms with van der Waals surface area (Å²) in [6.07, 6.45) is -0.316. The minimum Gasteiger partial charge on any atom is -0.507 e. The van der Waals surface area contributed by atoms with Crippen molar-refractivity contribution >= 4 is 28.9 Å². The highest BCUT2D eigenvalue weighted by Crippen LogP contribution is 2.53. The normalized spacial score (nSPS) is 40.7. The molecule has 0 aromatic heterocycles. The number of phenolic OH excluding ortho intramolecular Hbond substituents is 1. The van der Waals surface area contributed by atoms with E-state index in [0.29, 0.717) is 0 Å². The average Bonchev–Trinajstić information content (AvgIpc) is 3.05. The fraction of sp³-hybridized carbons (Fsp3) is 0.486. The van der Waals surface area contributed by atoms with E-state index >= 15 is 0 Å². The summed E-state index contributed by atoms with van der Waals surface area (Å²) in [6, 6.07) is 2.63. The molecule has 51 heavy (non-hydrogen) atoms. The number of aromatic hydroxyl groups is 1. The molecule has 7 rings (SSSR count). The van der Waals surface area contributed by atoms with Crippen molar-refractivity contribution in [2.75, 3.05) is 0 Å². The molecule has 0 radical (unpaired) electrons. The number of aliphatic hydroxyl groups is 3. The summed E-state index contributed by atoms with van der Waals surface area (Å²) < 4.78 is 29.1. The van der Waals surface area contributed by atoms with Crippen LogP contribution in [-0.4, -0.2) is 109 Å². The van der Waals surface area contributed by atoms with Gasteiger partial charge in [-0.15, -0.1) is 0 Å². The minimum atomic E-state index is -2.82. The van der Waals surface area contributed by atoms with Crippen LogP contribution in [0.3, 0.4) is 0 Å². The Morgan fingerprint density at radius 3 is 2.16 bits per heavy atom. The van der Waals surface area contributed by atoms with Crippen LogP contribution in [0, 0.1) is 0 Å². The molecule has 3 heterocycles. The maximum Gasteiger partial charge on any atom is 0.198 e. The van der Waals surface area contributed by atoms with E-state index < -0.39 is 101 Å². The Kier molecular flexibility index (Phi) is 8.55. The molecule has 2 fully saturated rings. The molecule has 1 saturated heterocycles. The molecule has 1 aromatic rings. The topological polar surface area (TPSA) is 212 Å². The van der Waals surface area contributed by atoms with Gasteiger partial charge in [0.1, 0.15) is 29.7 Å². The van der Waals surface area contributed by atoms with Crippen LogP contribution in [0.1, 0.15) is 79.3 Å². The predicted octanol–water partition coefficient (Wildman–Crippen LogP) is 1.57. The van der Waals surface area contributed by atoms with Crippen molar-refractivity contribution in [1.82, 2.24) is 0 Å². The smallest absolute Gasteiger partial charge is 0.198 e. The lowest BCUT2D eigenvalue weighted by atomic mass is 9.57. The molecule has 3 aliphatic heterocycles. The van der Waals surface area contributed by atoms with Crippen LogP contribution in [-0.2, 0) is 38.1 Å². The highest BCUT2D eigenvalue weighted by molar-refractivity contribution is 6.32. The number of hydrogen-bond donors (Lipinski definition) is 4. The standard InChI is InChI=1S/C37H38O14/c1-16-22(38)7-9-27(48-16)50-34-18(3)47-25(13-24(34)40)19-5-6-20-29(31(19)42)32(43)21-11-12-36(45)15-35(4,51-28-10-8-23(39)17(2)49-28)14-26(41)37(36,46)30(21)33(20)44/h5-12,16-18,24-25,27-28,34,40,42,45-46H,13-15H2,1-4H3/t16?,17?,18-,24-,25-,27?,28?,34-,35-,36-,37-/m0/s1. The zero-order chi connectivity index (χ0) is 36.8. The van der Waals surface area contributed by atoms with Crippen molar-refractivity contribution in [1.29, 1.82) is 0 Å². The van der Waals surface area contributed by atoms with Gasteiger partial charge in [0.05, 0.1) is 35.0 Å². The second-order valence-electron chi connectivity index (χ2n) is 14.2. The van der Waals surface area contributed by atoms with Crippen molar-refractivity contribution < 1.29 is 68.1 Å². The number of ether oxygens (including phenoxy) is 5. The lowest BCUT2D eigenvalue weighted by Gasteiger charge is -2.53. The third-order valence-corrected chi connectivity index (χ3v) is 10.5. The number of allylic oxidation sites excluding steroid dienone is 2. The summed E-state index contributed by atoms with van der Waals surface area (Å²) in [5.74, 6) is -3.83. The van der Waals surface area contributed by atoms with Crippen LogP contribution in [0.2, 0.25) is 0 Å². The molecular weight excluding hydrogens is 668 g/mol. The van der Waals surface area contributed by atoms with Gasteiger partial charge in [0.25, 0.3) is 0 Å². The molecule has 0 bridgehead atoms. The van der Waals surface area contributed by atoms with Crippen LogP contribution in [0.4, 0.5) is 0 Å². The lowest BCUT2D eigenvalue weighted by molar-refractivity contribution is -0.243. The van der Waals surface area contributed by atoms with Crippen molar-refractivity contribution in [2.24, 2.45) is 0 Å². The third kappa shape index (κ3) is 5.61. The Hall–Kier alpha value is -3.99. The summed E-state index contributed by atoms with van der Waals surface area (Å²) in [5.41, 5.74) is -8.14. The number of phenols is 1. The number of carbonyl (C=O) groups excluding carboxylic acids is 5. The van der Waals surface area contributed by atoms with E-state index in [1.165, 1.54) is 43.4 Å². The Morgan fingerprint density at radius 1 is 0.863 bits per heavy atom. The fourth-order valence-corrected chi connectivity index (χ4v) is 7.90. The molecule has 0 amide bonds. The van der Waals surface area contributed by atoms with Crippen LogP contribution < -0.4 is 0 Å². The highest BCUT2D eigenvalue weighted by atomic mass is 16.7. The van der Waals surface area contributed by atoms with E-state index in [4.69, 9.17) is 23.7 Å². The fourth-order valence-electron chi connectivity index (χ4n) is 7.90. The number of aliphatic hydroxyl groups excluding tert-OH is 1. The molecule has 14 nitrogen and oxygen atoms in total. The van der Waals surface area contributed by atoms with Crippen molar-refractivity contribution in [2.45, 2.75) is 113 Å². The zero-order valence-electron chi connectivity index (χ0n) is 28.2. The molecule has 270 valence electrons. The minimum absolute atomic E-state index is 0.0682. The molecule has 11 atom stereocenters. The van der Waals surface area contributed by atoms with Crippen LogP contribution in [0.5, 0.6) is 5.75 Å². The first-order valence-electron chi connectivity index (χ1n) is 16.8. The Bertz CT molecular complexity index is 1860. The van der Waals surface area contributed by atoms with E-state index in [-0.39, 0.29) is 46.7 Å². The number of Topliss-reactive ketones (excluding diaryl/α,β-unsaturated/α-hetero) is 3. The summed E-state index contributed by atoms with van der Waals surface area (Å²) >= 11 is 0. The van der Waals surface area contributed by atoms with Gasteiger partial charge in [-0.1, -0.05) is 12.1 Å². The molecule has 1 aromatic carbocycles. The number of benzene rings is 1. The molecule has 4 unspecified atom stereocenters. The Labute approximate surface area is 292 Å². The van der Waals surface area contributed by atoms with Gasteiger partial charge in [0.15, 0.2) is 47.1 Å². The van der Waals surface area contributed by atoms with Crippen molar-refractivity contribution in [3.8, 4) is 5.75 Å². The lowest BCUT2D eigenvalue weighted by Crippen LogP contribution is -2.69. The van der Waals surface area contributed by atoms with E-state index in [1.54, 1.807) is 20.8 Å². The maximum absolute atomic E-state index is 14.1. The molecule has 4 N–H and O–H groups in total. The molecule has 3 aliphatic carbocycles. The van der Waals surface area contributed by atoms with Gasteiger partial charge in [-0.3, -0.25) is 24.0 Å². The second-order valence-corrected chi connectivity index (χ2v) is 14.2. The van der Waals surface area contributed by atoms with Gasteiger partial charge < -0.3 is 44.1 Å². The van der Waals surface area contributed by atoms with Gasteiger partial charge >= 0.3 is 0 Å². The Balaban J connectivity index is 1.14. The highest BCUT2D eigenvalue weighted by Gasteiger charge is 2.67. The monoisotopic (exact) mass is 706 g/mol. The SMILES string of the molecule is CC1OC(O[C@H]2[C@H](C)O[C@H](c3ccc4c(c3O)C(=O)C3=C(C4=O)[C@@]4(O)C(=O)C[C@](C)(OC5C=CC(=O)C(C)O5)C[C@@]4(O)C=C3)C[C@@H]2O)C=CC1=O. The van der Waals surface area contributed by atoms with E-state index in [1.807, 2.05) is 0 Å². The second kappa shape index (κ2) is 12.3. The van der Waals surface area contributed by atoms with Crippen molar-refractivity contribution in [3.63, 3.8) is 0 Å². The number of rotatable bonds is 5. The van der Waals surface area contributed by atoms with Crippen LogP contribution in [0.25, 0.3) is 0 Å². The molecular formula is C37H38O14. The number of ketones is 5. The first-order chi connectivity index (χ1) is 24.0. The van der Waals surface area contributed by atoms with Gasteiger partial charge in [0, 0.05) is 36.0 Å². The summed E-state index contributed by atoms with van der Waals surface area (Å²) in [7, 11) is 0. The third-order valence-electron chi connectivity index (χ3n) is 10.5. The molecule has 0 spiro atoms. The van der Waals surface area contributed by atoms with E-state index in [0.717, 1.165) is 12.2 Å². The van der Waals surface area contributed by atoms with E-state index in [9.17, 15) is 44.4 Å². The van der Waals surface area contributed by atoms with Crippen molar-refractivity contribution in [3.05, 3.63) is 76.4 Å². The molecule has 14 heteroatoms. The Morgan fingerprint density at radius 2 is 1.51 bits per heavy atom. The first-order valence-corrected chi connectivity index (χ1v) is 16.8. The summed E-state index contributed by atoms with van der Waals surface area (Å²) in [6.45, 7) is 6.30. The van der Waals surface area contributed by atoms with Gasteiger partial charge in [-0.05, 0) is 64.1 Å². The summed E-state index contributed by atoms with van der Waals surface area (Å²) in [5, 5.41) is 46.4. The van der Waals surface area contributed by atoms with Gasteiger partial charge in [-0.25, -0.2) is 0 Å². The van der Waals surface area contributed by atoms with E-state index in [2.05, 4.69) is 0 Å². The van der Waals surface area contributed by atoms with Crippen LogP contribution >= 0.6 is 0 Å². The molecule has 6 aliphatic rings. The predicted molar refractivity (Wildman–Crippen MR) is 172 cm³/mol. The first kappa shape index (κ1) is 35.4. The quantitative estimate of drug-likeness (QED) is 0.343. The zero-order valence-corrected chi connectivity index (χ0v) is 28.2. The molecule has 1 saturated carbocycles. The number of hydrogen-bond acceptors (Lipinski definition) is 14. The maximum atomic E-state index is 14.1. The van der Waals surface area contributed by atoms with Gasteiger partial charge in [0.2, 0.25) is 0 Å². The number of carbonyl (C=O) groups is 5. The average molecular weight is 707 g/mol. The summed E-state index contributed by atoms with van der Waals surface area (Å²) in [4.78, 5) is 65.6. The van der Waals surface area contributed by atoms with Crippen LogP contribution in [0.15, 0.2) is 59.7 Å². The van der Waals surface area contributed by atoms with Gasteiger partial charge in [-0.2, -0.15) is 0 Å². The largest absolute Gasteiger partial charge is 0.507 e.